The molecule has 0 saturated heterocycles. The van der Waals surface area contributed by atoms with Crippen molar-refractivity contribution in [2.75, 3.05) is 13.2 Å². The first kappa shape index (κ1) is 58.3. The standard InChI is InChI=1S/C57H86O6/c1-4-7-10-13-16-19-21-23-25-27-28-30-31-33-35-38-41-44-47-50-56(59)62-53-54(52-61-55(58)49-46-43-40-37-18-15-12-9-6-3)63-57(60)51-48-45-42-39-36-34-32-29-26-24-22-20-17-14-11-8-5-2/h7-12,14,16-20,22-26,29,32,34,36-37,43,46,54H,4-6,13,15,21,27-28,30-31,33,35,38-42,44-45,47-53H2,1-3H3/b10-7-,11-8-,12-9-,17-14-,19-16-,22-20-,25-23-,26-24-,32-29+,36-34-,37-18-,46-43-. The molecule has 0 N–H and O–H groups in total. The maximum absolute atomic E-state index is 12.7. The lowest BCUT2D eigenvalue weighted by Crippen LogP contribution is -2.30. The fraction of sp³-hybridized carbons (Fsp3) is 0.526. The van der Waals surface area contributed by atoms with Crippen molar-refractivity contribution in [3.63, 3.8) is 0 Å². The van der Waals surface area contributed by atoms with Crippen LogP contribution in [0.2, 0.25) is 0 Å². The number of unbranched alkanes of at least 4 members (excludes halogenated alkanes) is 12. The third-order valence-electron chi connectivity index (χ3n) is 9.51. The van der Waals surface area contributed by atoms with Gasteiger partial charge in [0.2, 0.25) is 0 Å². The summed E-state index contributed by atoms with van der Waals surface area (Å²) in [7, 11) is 0. The van der Waals surface area contributed by atoms with Crippen LogP contribution in [0.4, 0.5) is 0 Å². The smallest absolute Gasteiger partial charge is 0.309 e. The molecule has 63 heavy (non-hydrogen) atoms. The van der Waals surface area contributed by atoms with Gasteiger partial charge >= 0.3 is 17.9 Å². The van der Waals surface area contributed by atoms with E-state index in [-0.39, 0.29) is 38.0 Å². The molecule has 0 saturated carbocycles. The van der Waals surface area contributed by atoms with Crippen LogP contribution >= 0.6 is 0 Å². The van der Waals surface area contributed by atoms with E-state index in [4.69, 9.17) is 14.2 Å². The van der Waals surface area contributed by atoms with Crippen molar-refractivity contribution in [3.8, 4) is 0 Å². The Hall–Kier alpha value is -4.71. The molecule has 1 unspecified atom stereocenters. The van der Waals surface area contributed by atoms with Gasteiger partial charge in [-0.1, -0.05) is 218 Å². The molecule has 0 aromatic rings. The van der Waals surface area contributed by atoms with Crippen LogP contribution in [-0.4, -0.2) is 37.2 Å². The predicted molar refractivity (Wildman–Crippen MR) is 269 cm³/mol. The number of allylic oxidation sites excluding steroid dienone is 23. The highest BCUT2D eigenvalue weighted by molar-refractivity contribution is 5.72. The van der Waals surface area contributed by atoms with E-state index >= 15 is 0 Å². The molecular formula is C57H86O6. The number of carbonyl (C=O) groups is 3. The van der Waals surface area contributed by atoms with Crippen LogP contribution in [-0.2, 0) is 28.6 Å². The highest BCUT2D eigenvalue weighted by atomic mass is 16.6. The quantitative estimate of drug-likeness (QED) is 0.0200. The van der Waals surface area contributed by atoms with Crippen molar-refractivity contribution < 1.29 is 28.6 Å². The number of ether oxygens (including phenoxy) is 3. The van der Waals surface area contributed by atoms with Gasteiger partial charge < -0.3 is 14.2 Å². The molecular weight excluding hydrogens is 781 g/mol. The van der Waals surface area contributed by atoms with Crippen molar-refractivity contribution in [3.05, 3.63) is 146 Å². The second-order valence-electron chi connectivity index (χ2n) is 15.4. The van der Waals surface area contributed by atoms with Crippen molar-refractivity contribution in [2.45, 2.75) is 181 Å². The highest BCUT2D eigenvalue weighted by Gasteiger charge is 2.19. The van der Waals surface area contributed by atoms with Crippen LogP contribution in [0.25, 0.3) is 0 Å². The third-order valence-corrected chi connectivity index (χ3v) is 9.51. The molecule has 0 amide bonds. The zero-order valence-electron chi connectivity index (χ0n) is 39.8. The summed E-state index contributed by atoms with van der Waals surface area (Å²) in [6.07, 6.45) is 71.5. The van der Waals surface area contributed by atoms with Crippen LogP contribution in [0.3, 0.4) is 0 Å². The third kappa shape index (κ3) is 48.2. The minimum Gasteiger partial charge on any atom is -0.462 e. The Labute approximate surface area is 385 Å². The normalized spacial score (nSPS) is 13.4. The van der Waals surface area contributed by atoms with Crippen LogP contribution in [0, 0.1) is 0 Å². The molecule has 0 heterocycles. The fourth-order valence-electron chi connectivity index (χ4n) is 5.96. The van der Waals surface area contributed by atoms with Crippen LogP contribution in [0.1, 0.15) is 175 Å². The Bertz CT molecular complexity index is 1460. The van der Waals surface area contributed by atoms with Gasteiger partial charge in [0.15, 0.2) is 6.10 Å². The summed E-state index contributed by atoms with van der Waals surface area (Å²) in [5.41, 5.74) is 0. The lowest BCUT2D eigenvalue weighted by atomic mass is 10.1. The summed E-state index contributed by atoms with van der Waals surface area (Å²) in [5.74, 6) is -1.13. The van der Waals surface area contributed by atoms with Crippen LogP contribution < -0.4 is 0 Å². The first-order valence-corrected chi connectivity index (χ1v) is 24.4. The van der Waals surface area contributed by atoms with Crippen LogP contribution in [0.5, 0.6) is 0 Å². The summed E-state index contributed by atoms with van der Waals surface area (Å²) in [6, 6.07) is 0. The molecule has 0 rings (SSSR count). The Morgan fingerprint density at radius 3 is 1.24 bits per heavy atom. The zero-order valence-corrected chi connectivity index (χ0v) is 39.8. The van der Waals surface area contributed by atoms with Crippen LogP contribution in [0.15, 0.2) is 146 Å². The maximum atomic E-state index is 12.7. The Morgan fingerprint density at radius 1 is 0.349 bits per heavy atom. The summed E-state index contributed by atoms with van der Waals surface area (Å²) < 4.78 is 16.6. The predicted octanol–water partition coefficient (Wildman–Crippen LogP) is 16.1. The van der Waals surface area contributed by atoms with E-state index in [1.807, 2.05) is 66.8 Å². The van der Waals surface area contributed by atoms with Gasteiger partial charge in [0, 0.05) is 12.8 Å². The first-order chi connectivity index (χ1) is 31.0. The number of rotatable bonds is 41. The van der Waals surface area contributed by atoms with E-state index in [0.717, 1.165) is 89.9 Å². The summed E-state index contributed by atoms with van der Waals surface area (Å²) in [6.45, 7) is 6.09. The molecule has 350 valence electrons. The maximum Gasteiger partial charge on any atom is 0.309 e. The molecule has 0 aliphatic carbocycles. The minimum absolute atomic E-state index is 0.116. The van der Waals surface area contributed by atoms with Gasteiger partial charge in [-0.05, 0) is 83.5 Å². The van der Waals surface area contributed by atoms with Crippen molar-refractivity contribution in [2.24, 2.45) is 0 Å². The number of hydrogen-bond donors (Lipinski definition) is 0. The largest absolute Gasteiger partial charge is 0.462 e. The van der Waals surface area contributed by atoms with Crippen molar-refractivity contribution in [1.29, 1.82) is 0 Å². The Morgan fingerprint density at radius 2 is 0.714 bits per heavy atom. The van der Waals surface area contributed by atoms with Crippen molar-refractivity contribution in [1.82, 2.24) is 0 Å². The summed E-state index contributed by atoms with van der Waals surface area (Å²) in [4.78, 5) is 37.8. The molecule has 0 fully saturated rings. The van der Waals surface area contributed by atoms with E-state index in [0.29, 0.717) is 12.8 Å². The van der Waals surface area contributed by atoms with Gasteiger partial charge in [0.25, 0.3) is 0 Å². The molecule has 0 aliphatic rings. The van der Waals surface area contributed by atoms with Gasteiger partial charge in [0.1, 0.15) is 13.2 Å². The average molecular weight is 867 g/mol. The monoisotopic (exact) mass is 867 g/mol. The summed E-state index contributed by atoms with van der Waals surface area (Å²) in [5, 5.41) is 0. The molecule has 0 bridgehead atoms. The molecule has 0 aliphatic heterocycles. The van der Waals surface area contributed by atoms with E-state index in [2.05, 4.69) is 93.7 Å². The Kier molecular flexibility index (Phi) is 46.2. The van der Waals surface area contributed by atoms with Gasteiger partial charge in [-0.3, -0.25) is 14.4 Å². The fourth-order valence-corrected chi connectivity index (χ4v) is 5.96. The molecule has 0 radical (unpaired) electrons. The molecule has 0 aromatic carbocycles. The Balaban J connectivity index is 4.50. The second kappa shape index (κ2) is 49.9. The van der Waals surface area contributed by atoms with Gasteiger partial charge in [-0.25, -0.2) is 0 Å². The van der Waals surface area contributed by atoms with Gasteiger partial charge in [-0.15, -0.1) is 0 Å². The van der Waals surface area contributed by atoms with Gasteiger partial charge in [-0.2, -0.15) is 0 Å². The highest BCUT2D eigenvalue weighted by Crippen LogP contribution is 2.13. The van der Waals surface area contributed by atoms with Crippen molar-refractivity contribution >= 4 is 17.9 Å². The minimum atomic E-state index is -0.844. The molecule has 0 aromatic heterocycles. The molecule has 0 spiro atoms. The molecule has 6 nitrogen and oxygen atoms in total. The summed E-state index contributed by atoms with van der Waals surface area (Å²) >= 11 is 0. The number of carbonyl (C=O) groups excluding carboxylic acids is 3. The van der Waals surface area contributed by atoms with E-state index in [1.54, 1.807) is 6.08 Å². The van der Waals surface area contributed by atoms with E-state index < -0.39 is 12.1 Å². The van der Waals surface area contributed by atoms with Gasteiger partial charge in [0.05, 0.1) is 6.42 Å². The SMILES string of the molecule is CC\C=C/C=C\C=C/C=C\C=C\C=C/CCCCCC(=O)OC(COC(=O)C/C=C\C/C=C\C/C=C\CC)COC(=O)CCCCCCCCCCC/C=C\C/C=C\C/C=C\CC. The lowest BCUT2D eigenvalue weighted by Gasteiger charge is -2.18. The number of esters is 3. The first-order valence-electron chi connectivity index (χ1n) is 24.4. The zero-order chi connectivity index (χ0) is 45.8. The average Bonchev–Trinajstić information content (AvgIpc) is 3.28. The second-order valence-corrected chi connectivity index (χ2v) is 15.4. The lowest BCUT2D eigenvalue weighted by molar-refractivity contribution is -0.166. The molecule has 1 atom stereocenters. The number of hydrogen-bond acceptors (Lipinski definition) is 6. The van der Waals surface area contributed by atoms with E-state index in [9.17, 15) is 14.4 Å². The molecule has 6 heteroatoms. The topological polar surface area (TPSA) is 78.9 Å². The van der Waals surface area contributed by atoms with E-state index in [1.165, 1.54) is 38.5 Å².